The Labute approximate surface area is 143 Å². The summed E-state index contributed by atoms with van der Waals surface area (Å²) in [6.45, 7) is 0. The molecule has 0 unspecified atom stereocenters. The molecule has 0 amide bonds. The summed E-state index contributed by atoms with van der Waals surface area (Å²) in [7, 11) is 1.96. The Morgan fingerprint density at radius 2 is 1.80 bits per heavy atom. The van der Waals surface area contributed by atoms with Gasteiger partial charge in [0.1, 0.15) is 28.5 Å². The van der Waals surface area contributed by atoms with Crippen LogP contribution in [-0.2, 0) is 7.05 Å². The maximum atomic E-state index is 9.37. The van der Waals surface area contributed by atoms with Crippen LogP contribution >= 0.6 is 0 Å². The number of hydrogen-bond donors (Lipinski definition) is 0. The lowest BCUT2D eigenvalue weighted by Crippen LogP contribution is -2.26. The quantitative estimate of drug-likeness (QED) is 0.433. The average Bonchev–Trinajstić information content (AvgIpc) is 3.19. The zero-order valence-electron chi connectivity index (χ0n) is 13.6. The molecule has 25 heavy (non-hydrogen) atoms. The van der Waals surface area contributed by atoms with Crippen molar-refractivity contribution >= 4 is 33.0 Å². The lowest BCUT2D eigenvalue weighted by Gasteiger charge is -1.97. The molecule has 5 rings (SSSR count). The molecular formula is C21H14N3O+. The highest BCUT2D eigenvalue weighted by molar-refractivity contribution is 6.05. The number of aromatic nitrogens is 2. The van der Waals surface area contributed by atoms with E-state index in [-0.39, 0.29) is 0 Å². The van der Waals surface area contributed by atoms with Crippen LogP contribution < -0.4 is 4.57 Å². The second-order valence-corrected chi connectivity index (χ2v) is 6.16. The standard InChI is InChI=1S/C21H14N3O/c1-23-13-24(18-7-4-5-14(12-22)21(18)23)15-9-10-17-16-6-2-3-8-19(16)25-20(17)11-15/h2-11,13H,1H3/q+1. The Morgan fingerprint density at radius 1 is 0.960 bits per heavy atom. The van der Waals surface area contributed by atoms with Gasteiger partial charge < -0.3 is 4.42 Å². The molecule has 0 aliphatic rings. The molecule has 3 aromatic carbocycles. The van der Waals surface area contributed by atoms with E-state index < -0.39 is 0 Å². The van der Waals surface area contributed by atoms with Gasteiger partial charge in [-0.15, -0.1) is 0 Å². The monoisotopic (exact) mass is 324 g/mol. The molecule has 0 saturated carbocycles. The third-order valence-corrected chi connectivity index (χ3v) is 4.68. The minimum absolute atomic E-state index is 0.670. The van der Waals surface area contributed by atoms with Gasteiger partial charge in [-0.25, -0.2) is 4.57 Å². The van der Waals surface area contributed by atoms with Crippen LogP contribution in [0.3, 0.4) is 0 Å². The molecule has 5 aromatic rings. The molecule has 4 nitrogen and oxygen atoms in total. The molecule has 0 aliphatic heterocycles. The minimum atomic E-state index is 0.670. The first-order valence-corrected chi connectivity index (χ1v) is 8.08. The lowest BCUT2D eigenvalue weighted by molar-refractivity contribution is -0.645. The fourth-order valence-electron chi connectivity index (χ4n) is 3.55. The largest absolute Gasteiger partial charge is 0.456 e. The van der Waals surface area contributed by atoms with E-state index in [2.05, 4.69) is 28.8 Å². The highest BCUT2D eigenvalue weighted by Gasteiger charge is 2.19. The number of furan rings is 1. The van der Waals surface area contributed by atoms with Gasteiger partial charge in [-0.2, -0.15) is 9.83 Å². The molecule has 0 atom stereocenters. The van der Waals surface area contributed by atoms with Gasteiger partial charge in [0.15, 0.2) is 11.0 Å². The van der Waals surface area contributed by atoms with E-state index in [1.165, 1.54) is 0 Å². The van der Waals surface area contributed by atoms with E-state index in [1.807, 2.05) is 60.4 Å². The molecule has 0 saturated heterocycles. The van der Waals surface area contributed by atoms with Gasteiger partial charge in [0.25, 0.3) is 0 Å². The minimum Gasteiger partial charge on any atom is -0.456 e. The fraction of sp³-hybridized carbons (Fsp3) is 0.0476. The van der Waals surface area contributed by atoms with Gasteiger partial charge in [0.05, 0.1) is 7.05 Å². The Bertz CT molecular complexity index is 1320. The maximum absolute atomic E-state index is 9.37. The van der Waals surface area contributed by atoms with E-state index in [4.69, 9.17) is 4.42 Å². The second kappa shape index (κ2) is 4.96. The Kier molecular flexibility index (Phi) is 2.74. The van der Waals surface area contributed by atoms with Gasteiger partial charge in [0.2, 0.25) is 6.33 Å². The van der Waals surface area contributed by atoms with Crippen LogP contribution in [0, 0.1) is 11.3 Å². The molecule has 0 bridgehead atoms. The molecule has 118 valence electrons. The van der Waals surface area contributed by atoms with E-state index in [1.54, 1.807) is 0 Å². The summed E-state index contributed by atoms with van der Waals surface area (Å²) in [6.07, 6.45) is 2.00. The van der Waals surface area contributed by atoms with E-state index in [0.717, 1.165) is 38.7 Å². The predicted octanol–water partition coefficient (Wildman–Crippen LogP) is 4.23. The molecular weight excluding hydrogens is 310 g/mol. The first-order valence-electron chi connectivity index (χ1n) is 8.08. The van der Waals surface area contributed by atoms with Crippen molar-refractivity contribution in [2.24, 2.45) is 7.05 Å². The highest BCUT2D eigenvalue weighted by atomic mass is 16.3. The van der Waals surface area contributed by atoms with Gasteiger partial charge >= 0.3 is 0 Å². The number of para-hydroxylation sites is 2. The summed E-state index contributed by atoms with van der Waals surface area (Å²) in [5.41, 5.74) is 5.35. The SMILES string of the molecule is C[n+]1cn(-c2ccc3c(c2)oc2ccccc23)c2cccc(C#N)c21. The van der Waals surface area contributed by atoms with Crippen molar-refractivity contribution in [2.75, 3.05) is 0 Å². The van der Waals surface area contributed by atoms with Crippen molar-refractivity contribution in [1.29, 1.82) is 5.26 Å². The van der Waals surface area contributed by atoms with Crippen LogP contribution in [0.25, 0.3) is 38.7 Å². The highest BCUT2D eigenvalue weighted by Crippen LogP contribution is 2.30. The number of nitrogens with zero attached hydrogens (tertiary/aromatic N) is 3. The van der Waals surface area contributed by atoms with Gasteiger partial charge in [-0.3, -0.25) is 0 Å². The van der Waals surface area contributed by atoms with Crippen LogP contribution in [0.4, 0.5) is 0 Å². The Hall–Kier alpha value is -3.58. The van der Waals surface area contributed by atoms with Crippen molar-refractivity contribution in [3.63, 3.8) is 0 Å². The van der Waals surface area contributed by atoms with E-state index >= 15 is 0 Å². The van der Waals surface area contributed by atoms with Crippen LogP contribution in [0.5, 0.6) is 0 Å². The van der Waals surface area contributed by atoms with Crippen molar-refractivity contribution in [1.82, 2.24) is 4.57 Å². The summed E-state index contributed by atoms with van der Waals surface area (Å²) in [5, 5.41) is 11.6. The Morgan fingerprint density at radius 3 is 2.68 bits per heavy atom. The summed E-state index contributed by atoms with van der Waals surface area (Å²) in [6, 6.07) is 22.3. The van der Waals surface area contributed by atoms with Crippen LogP contribution in [0.1, 0.15) is 5.56 Å². The number of hydrogen-bond acceptors (Lipinski definition) is 2. The number of rotatable bonds is 1. The molecule has 0 fully saturated rings. The van der Waals surface area contributed by atoms with Crippen molar-refractivity contribution < 1.29 is 8.98 Å². The number of aryl methyl sites for hydroxylation is 1. The maximum Gasteiger partial charge on any atom is 0.249 e. The Balaban J connectivity index is 1.80. The molecule has 0 aliphatic carbocycles. The molecule has 2 aromatic heterocycles. The summed E-state index contributed by atoms with van der Waals surface area (Å²) in [5.74, 6) is 0. The van der Waals surface area contributed by atoms with E-state index in [0.29, 0.717) is 5.56 Å². The first-order chi connectivity index (χ1) is 12.3. The molecule has 0 spiro atoms. The van der Waals surface area contributed by atoms with Crippen molar-refractivity contribution in [2.45, 2.75) is 0 Å². The summed E-state index contributed by atoms with van der Waals surface area (Å²) in [4.78, 5) is 0. The van der Waals surface area contributed by atoms with Gasteiger partial charge in [0, 0.05) is 16.8 Å². The number of imidazole rings is 1. The van der Waals surface area contributed by atoms with Crippen LogP contribution in [-0.4, -0.2) is 4.57 Å². The zero-order valence-corrected chi connectivity index (χ0v) is 13.6. The molecule has 2 heterocycles. The fourth-order valence-corrected chi connectivity index (χ4v) is 3.55. The van der Waals surface area contributed by atoms with Crippen LogP contribution in [0.15, 0.2) is 71.4 Å². The topological polar surface area (TPSA) is 45.7 Å². The molecule has 0 radical (unpaired) electrons. The van der Waals surface area contributed by atoms with Crippen LogP contribution in [0.2, 0.25) is 0 Å². The molecule has 0 N–H and O–H groups in total. The normalized spacial score (nSPS) is 11.4. The van der Waals surface area contributed by atoms with Crippen molar-refractivity contribution in [3.8, 4) is 11.8 Å². The number of fused-ring (bicyclic) bond motifs is 4. The third kappa shape index (κ3) is 1.90. The van der Waals surface area contributed by atoms with Crippen molar-refractivity contribution in [3.05, 3.63) is 72.6 Å². The predicted molar refractivity (Wildman–Crippen MR) is 96.4 cm³/mol. The number of benzene rings is 3. The third-order valence-electron chi connectivity index (χ3n) is 4.68. The molecule has 4 heteroatoms. The summed E-state index contributed by atoms with van der Waals surface area (Å²) < 4.78 is 10.1. The van der Waals surface area contributed by atoms with Gasteiger partial charge in [-0.05, 0) is 30.3 Å². The smallest absolute Gasteiger partial charge is 0.249 e. The lowest BCUT2D eigenvalue weighted by atomic mass is 10.1. The number of nitriles is 1. The van der Waals surface area contributed by atoms with Gasteiger partial charge in [-0.1, -0.05) is 24.3 Å². The zero-order chi connectivity index (χ0) is 17.0. The summed E-state index contributed by atoms with van der Waals surface area (Å²) >= 11 is 0. The first kappa shape index (κ1) is 13.8. The second-order valence-electron chi connectivity index (χ2n) is 6.16. The van der Waals surface area contributed by atoms with E-state index in [9.17, 15) is 5.26 Å². The average molecular weight is 324 g/mol.